The molecule has 2 aliphatic heterocycles. The van der Waals surface area contributed by atoms with Gasteiger partial charge in [0.15, 0.2) is 0 Å². The predicted octanol–water partition coefficient (Wildman–Crippen LogP) is 1.14. The lowest BCUT2D eigenvalue weighted by Gasteiger charge is -2.34. The largest absolute Gasteiger partial charge is 0.378 e. The van der Waals surface area contributed by atoms with Crippen LogP contribution in [0.3, 0.4) is 0 Å². The molecule has 2 aromatic rings. The first-order valence-corrected chi connectivity index (χ1v) is 8.11. The average molecular weight is 322 g/mol. The number of fused-ring (bicyclic) bond motifs is 1. The minimum Gasteiger partial charge on any atom is -0.378 e. The lowest BCUT2D eigenvalue weighted by atomic mass is 10.1. The second kappa shape index (κ2) is 6.42. The van der Waals surface area contributed by atoms with Crippen molar-refractivity contribution in [2.24, 2.45) is 0 Å². The van der Waals surface area contributed by atoms with Crippen LogP contribution in [0.4, 0.5) is 11.6 Å². The summed E-state index contributed by atoms with van der Waals surface area (Å²) in [5.74, 6) is 1.90. The highest BCUT2D eigenvalue weighted by Gasteiger charge is 2.25. The van der Waals surface area contributed by atoms with Crippen LogP contribution >= 0.6 is 0 Å². The van der Waals surface area contributed by atoms with Gasteiger partial charge in [-0.3, -0.25) is 0 Å². The van der Waals surface area contributed by atoms with E-state index in [4.69, 9.17) is 10.00 Å². The van der Waals surface area contributed by atoms with Crippen molar-refractivity contribution in [3.8, 4) is 6.07 Å². The van der Waals surface area contributed by atoms with E-state index >= 15 is 0 Å². The SMILES string of the molecule is N#Cc1ccc(N2CCc3ncnc(N4CCOCC4)c3C2)nc1. The average Bonchev–Trinajstić information content (AvgIpc) is 2.68. The second-order valence-electron chi connectivity index (χ2n) is 5.91. The molecule has 0 aromatic carbocycles. The van der Waals surface area contributed by atoms with Crippen molar-refractivity contribution < 1.29 is 4.74 Å². The van der Waals surface area contributed by atoms with Gasteiger partial charge in [0.05, 0.1) is 24.5 Å². The van der Waals surface area contributed by atoms with Gasteiger partial charge in [0.25, 0.3) is 0 Å². The van der Waals surface area contributed by atoms with Crippen LogP contribution in [0, 0.1) is 11.3 Å². The third-order valence-electron chi connectivity index (χ3n) is 4.49. The Morgan fingerprint density at radius 3 is 2.67 bits per heavy atom. The fraction of sp³-hybridized carbons (Fsp3) is 0.412. The van der Waals surface area contributed by atoms with Crippen LogP contribution in [0.5, 0.6) is 0 Å². The maximum atomic E-state index is 8.91. The maximum absolute atomic E-state index is 8.91. The van der Waals surface area contributed by atoms with Gasteiger partial charge >= 0.3 is 0 Å². The fourth-order valence-corrected chi connectivity index (χ4v) is 3.21. The van der Waals surface area contributed by atoms with Crippen LogP contribution in [-0.2, 0) is 17.7 Å². The summed E-state index contributed by atoms with van der Waals surface area (Å²) in [5.41, 5.74) is 2.88. The fourth-order valence-electron chi connectivity index (χ4n) is 3.21. The van der Waals surface area contributed by atoms with Crippen LogP contribution in [0.1, 0.15) is 16.8 Å². The molecule has 4 heterocycles. The number of morpholine rings is 1. The number of ether oxygens (including phenoxy) is 1. The monoisotopic (exact) mass is 322 g/mol. The van der Waals surface area contributed by atoms with Crippen molar-refractivity contribution in [3.05, 3.63) is 41.5 Å². The standard InChI is InChI=1S/C17H18N6O/c18-9-13-1-2-16(19-10-13)23-4-3-15-14(11-23)17(21-12-20-15)22-5-7-24-8-6-22/h1-2,10,12H,3-8,11H2. The molecule has 0 unspecified atom stereocenters. The molecule has 1 fully saturated rings. The Hall–Kier alpha value is -2.72. The summed E-state index contributed by atoms with van der Waals surface area (Å²) in [7, 11) is 0. The Balaban J connectivity index is 1.62. The van der Waals surface area contributed by atoms with E-state index in [9.17, 15) is 0 Å². The number of nitriles is 1. The van der Waals surface area contributed by atoms with E-state index in [-0.39, 0.29) is 0 Å². The predicted molar refractivity (Wildman–Crippen MR) is 88.8 cm³/mol. The lowest BCUT2D eigenvalue weighted by Crippen LogP contribution is -2.39. The number of anilines is 2. The Morgan fingerprint density at radius 1 is 1.04 bits per heavy atom. The zero-order valence-electron chi connectivity index (χ0n) is 13.4. The molecule has 0 saturated carbocycles. The maximum Gasteiger partial charge on any atom is 0.137 e. The Bertz CT molecular complexity index is 764. The number of rotatable bonds is 2. The molecule has 0 atom stereocenters. The van der Waals surface area contributed by atoms with E-state index in [1.807, 2.05) is 12.1 Å². The van der Waals surface area contributed by atoms with E-state index < -0.39 is 0 Å². The summed E-state index contributed by atoms with van der Waals surface area (Å²) in [4.78, 5) is 17.9. The van der Waals surface area contributed by atoms with Gasteiger partial charge in [0.2, 0.25) is 0 Å². The number of pyridine rings is 1. The molecule has 122 valence electrons. The van der Waals surface area contributed by atoms with Crippen molar-refractivity contribution >= 4 is 11.6 Å². The molecule has 2 aromatic heterocycles. The molecule has 7 nitrogen and oxygen atoms in total. The summed E-state index contributed by atoms with van der Waals surface area (Å²) < 4.78 is 5.45. The highest BCUT2D eigenvalue weighted by atomic mass is 16.5. The Labute approximate surface area is 140 Å². The molecule has 4 rings (SSSR count). The molecule has 1 saturated heterocycles. The van der Waals surface area contributed by atoms with Gasteiger partial charge in [0, 0.05) is 44.4 Å². The van der Waals surface area contributed by atoms with E-state index in [0.29, 0.717) is 5.56 Å². The Kier molecular flexibility index (Phi) is 3.97. The molecule has 7 heteroatoms. The zero-order chi connectivity index (χ0) is 16.4. The van der Waals surface area contributed by atoms with Crippen molar-refractivity contribution in [1.29, 1.82) is 5.26 Å². The smallest absolute Gasteiger partial charge is 0.137 e. The topological polar surface area (TPSA) is 78.2 Å². The van der Waals surface area contributed by atoms with Gasteiger partial charge in [-0.05, 0) is 12.1 Å². The molecule has 2 aliphatic rings. The summed E-state index contributed by atoms with van der Waals surface area (Å²) >= 11 is 0. The van der Waals surface area contributed by atoms with Crippen molar-refractivity contribution in [3.63, 3.8) is 0 Å². The third kappa shape index (κ3) is 2.76. The first-order valence-electron chi connectivity index (χ1n) is 8.11. The number of hydrogen-bond acceptors (Lipinski definition) is 7. The summed E-state index contributed by atoms with van der Waals surface area (Å²) in [6, 6.07) is 5.82. The van der Waals surface area contributed by atoms with Crippen LogP contribution in [0.15, 0.2) is 24.7 Å². The first kappa shape index (κ1) is 14.8. The van der Waals surface area contributed by atoms with Crippen molar-refractivity contribution in [1.82, 2.24) is 15.0 Å². The van der Waals surface area contributed by atoms with Gasteiger partial charge in [-0.1, -0.05) is 0 Å². The van der Waals surface area contributed by atoms with Crippen molar-refractivity contribution in [2.75, 3.05) is 42.6 Å². The molecular weight excluding hydrogens is 304 g/mol. The lowest BCUT2D eigenvalue weighted by molar-refractivity contribution is 0.122. The minimum absolute atomic E-state index is 0.577. The highest BCUT2D eigenvalue weighted by molar-refractivity contribution is 5.54. The second-order valence-corrected chi connectivity index (χ2v) is 5.91. The van der Waals surface area contributed by atoms with Gasteiger partial charge in [-0.15, -0.1) is 0 Å². The highest BCUT2D eigenvalue weighted by Crippen LogP contribution is 2.28. The van der Waals surface area contributed by atoms with Crippen LogP contribution in [0.25, 0.3) is 0 Å². The molecule has 0 spiro atoms. The van der Waals surface area contributed by atoms with Gasteiger partial charge in [-0.2, -0.15) is 5.26 Å². The van der Waals surface area contributed by atoms with Gasteiger partial charge < -0.3 is 14.5 Å². The summed E-state index contributed by atoms with van der Waals surface area (Å²) in [6.07, 6.45) is 4.16. The molecule has 0 radical (unpaired) electrons. The van der Waals surface area contributed by atoms with E-state index in [2.05, 4.69) is 30.8 Å². The normalized spacial score (nSPS) is 17.3. The van der Waals surface area contributed by atoms with Crippen LogP contribution in [-0.4, -0.2) is 47.8 Å². The van der Waals surface area contributed by atoms with E-state index in [0.717, 1.165) is 63.1 Å². The molecule has 0 bridgehead atoms. The molecular formula is C17H18N6O. The van der Waals surface area contributed by atoms with E-state index in [1.165, 1.54) is 5.56 Å². The quantitative estimate of drug-likeness (QED) is 0.820. The number of hydrogen-bond donors (Lipinski definition) is 0. The summed E-state index contributed by atoms with van der Waals surface area (Å²) in [6.45, 7) is 4.80. The number of nitrogens with zero attached hydrogens (tertiary/aromatic N) is 6. The Morgan fingerprint density at radius 2 is 1.92 bits per heavy atom. The van der Waals surface area contributed by atoms with Gasteiger partial charge in [-0.25, -0.2) is 15.0 Å². The van der Waals surface area contributed by atoms with E-state index in [1.54, 1.807) is 12.5 Å². The molecule has 24 heavy (non-hydrogen) atoms. The third-order valence-corrected chi connectivity index (χ3v) is 4.49. The zero-order valence-corrected chi connectivity index (χ0v) is 13.4. The summed E-state index contributed by atoms with van der Waals surface area (Å²) in [5, 5.41) is 8.91. The minimum atomic E-state index is 0.577. The van der Waals surface area contributed by atoms with Crippen LogP contribution in [0.2, 0.25) is 0 Å². The van der Waals surface area contributed by atoms with Crippen molar-refractivity contribution in [2.45, 2.75) is 13.0 Å². The molecule has 0 amide bonds. The van der Waals surface area contributed by atoms with Gasteiger partial charge in [0.1, 0.15) is 24.0 Å². The molecule has 0 aliphatic carbocycles. The number of aromatic nitrogens is 3. The molecule has 0 N–H and O–H groups in total. The van der Waals surface area contributed by atoms with Crippen LogP contribution < -0.4 is 9.80 Å². The first-order chi connectivity index (χ1) is 11.8.